The van der Waals surface area contributed by atoms with Crippen molar-refractivity contribution < 1.29 is 17.2 Å². The van der Waals surface area contributed by atoms with Crippen LogP contribution in [0.15, 0.2) is 51.6 Å². The van der Waals surface area contributed by atoms with Crippen LogP contribution in [0.4, 0.5) is 8.78 Å². The molecule has 7 heteroatoms. The number of piperidine rings is 1. The first-order valence-electron chi connectivity index (χ1n) is 7.87. The number of halogens is 3. The van der Waals surface area contributed by atoms with Gasteiger partial charge in [-0.25, -0.2) is 17.2 Å². The lowest BCUT2D eigenvalue weighted by molar-refractivity contribution is 0.231. The summed E-state index contributed by atoms with van der Waals surface area (Å²) in [7, 11) is -3.68. The summed E-state index contributed by atoms with van der Waals surface area (Å²) in [5.74, 6) is -0.729. The SMILES string of the molecule is O=S(=O)(c1ccc(F)cc1Br)N1CCC(C2C=CCC=C2F)CC1. The number of nitrogens with zero attached hydrogens (tertiary/aromatic N) is 1. The molecule has 0 bridgehead atoms. The first-order chi connectivity index (χ1) is 11.4. The van der Waals surface area contributed by atoms with Gasteiger partial charge in [-0.15, -0.1) is 0 Å². The second kappa shape index (κ2) is 7.06. The summed E-state index contributed by atoms with van der Waals surface area (Å²) in [6.45, 7) is 0.683. The summed E-state index contributed by atoms with van der Waals surface area (Å²) in [4.78, 5) is 0.0611. The van der Waals surface area contributed by atoms with Crippen LogP contribution < -0.4 is 0 Å². The molecular formula is C17H18BrF2NO2S. The maximum atomic E-state index is 14.0. The molecular weight excluding hydrogens is 400 g/mol. The second-order valence-electron chi connectivity index (χ2n) is 6.09. The lowest BCUT2D eigenvalue weighted by atomic mass is 9.82. The summed E-state index contributed by atoms with van der Waals surface area (Å²) < 4.78 is 54.2. The van der Waals surface area contributed by atoms with Gasteiger partial charge in [0.15, 0.2) is 0 Å². The Balaban J connectivity index is 1.73. The van der Waals surface area contributed by atoms with Gasteiger partial charge in [0, 0.05) is 23.5 Å². The highest BCUT2D eigenvalue weighted by Crippen LogP contribution is 2.36. The average Bonchev–Trinajstić information content (AvgIpc) is 2.55. The summed E-state index contributed by atoms with van der Waals surface area (Å²) in [5.41, 5.74) is 0. The Bertz CT molecular complexity index is 784. The summed E-state index contributed by atoms with van der Waals surface area (Å²) >= 11 is 3.12. The lowest BCUT2D eigenvalue weighted by Gasteiger charge is -2.34. The van der Waals surface area contributed by atoms with Gasteiger partial charge in [-0.2, -0.15) is 4.31 Å². The fraction of sp³-hybridized carbons (Fsp3) is 0.412. The van der Waals surface area contributed by atoms with Gasteiger partial charge in [0.1, 0.15) is 11.6 Å². The third kappa shape index (κ3) is 3.48. The number of sulfonamides is 1. The fourth-order valence-electron chi connectivity index (χ4n) is 3.31. The zero-order valence-electron chi connectivity index (χ0n) is 13.0. The van der Waals surface area contributed by atoms with E-state index in [1.165, 1.54) is 10.4 Å². The molecule has 1 heterocycles. The highest BCUT2D eigenvalue weighted by atomic mass is 79.9. The van der Waals surface area contributed by atoms with E-state index in [0.717, 1.165) is 12.1 Å². The largest absolute Gasteiger partial charge is 0.244 e. The molecule has 0 spiro atoms. The Labute approximate surface area is 149 Å². The van der Waals surface area contributed by atoms with Gasteiger partial charge in [-0.3, -0.25) is 0 Å². The van der Waals surface area contributed by atoms with Crippen LogP contribution in [0, 0.1) is 17.7 Å². The average molecular weight is 418 g/mol. The maximum absolute atomic E-state index is 14.0. The van der Waals surface area contributed by atoms with Crippen molar-refractivity contribution >= 4 is 26.0 Å². The van der Waals surface area contributed by atoms with Gasteiger partial charge in [0.05, 0.1) is 4.90 Å². The van der Waals surface area contributed by atoms with Crippen LogP contribution in [-0.4, -0.2) is 25.8 Å². The van der Waals surface area contributed by atoms with E-state index in [0.29, 0.717) is 32.4 Å². The summed E-state index contributed by atoms with van der Waals surface area (Å²) in [6, 6.07) is 3.55. The molecule has 3 rings (SSSR count). The van der Waals surface area contributed by atoms with Gasteiger partial charge < -0.3 is 0 Å². The monoisotopic (exact) mass is 417 g/mol. The Hall–Kier alpha value is -1.05. The van der Waals surface area contributed by atoms with Crippen molar-refractivity contribution in [1.82, 2.24) is 4.31 Å². The molecule has 3 nitrogen and oxygen atoms in total. The van der Waals surface area contributed by atoms with Gasteiger partial charge in [-0.05, 0) is 65.4 Å². The van der Waals surface area contributed by atoms with Crippen LogP contribution in [0.1, 0.15) is 19.3 Å². The molecule has 0 saturated carbocycles. The minimum absolute atomic E-state index is 0.0611. The third-order valence-electron chi connectivity index (χ3n) is 4.63. The molecule has 1 aliphatic carbocycles. The fourth-order valence-corrected chi connectivity index (χ4v) is 5.79. The zero-order chi connectivity index (χ0) is 17.3. The molecule has 0 N–H and O–H groups in total. The molecule has 24 heavy (non-hydrogen) atoms. The first-order valence-corrected chi connectivity index (χ1v) is 10.1. The Kier molecular flexibility index (Phi) is 5.22. The molecule has 1 atom stereocenters. The van der Waals surface area contributed by atoms with Crippen molar-refractivity contribution in [3.8, 4) is 0 Å². The van der Waals surface area contributed by atoms with E-state index < -0.39 is 15.8 Å². The van der Waals surface area contributed by atoms with Crippen LogP contribution in [-0.2, 0) is 10.0 Å². The summed E-state index contributed by atoms with van der Waals surface area (Å²) in [6.07, 6.45) is 7.26. The quantitative estimate of drug-likeness (QED) is 0.682. The lowest BCUT2D eigenvalue weighted by Crippen LogP contribution is -2.40. The predicted octanol–water partition coefficient (Wildman–Crippen LogP) is 4.42. The van der Waals surface area contributed by atoms with Crippen molar-refractivity contribution in [3.63, 3.8) is 0 Å². The Morgan fingerprint density at radius 3 is 2.50 bits per heavy atom. The maximum Gasteiger partial charge on any atom is 0.244 e. The standard InChI is InChI=1S/C17H18BrF2NO2S/c18-15-11-13(19)5-6-17(15)24(22,23)21-9-7-12(8-10-21)14-3-1-2-4-16(14)20/h1,3-6,11-12,14H,2,7-10H2. The van der Waals surface area contributed by atoms with Crippen molar-refractivity contribution in [2.45, 2.75) is 24.2 Å². The predicted molar refractivity (Wildman–Crippen MR) is 92.0 cm³/mol. The summed E-state index contributed by atoms with van der Waals surface area (Å²) in [5, 5.41) is 0. The second-order valence-corrected chi connectivity index (χ2v) is 8.86. The molecule has 1 saturated heterocycles. The minimum Gasteiger partial charge on any atom is -0.212 e. The van der Waals surface area contributed by atoms with E-state index in [9.17, 15) is 17.2 Å². The van der Waals surface area contributed by atoms with E-state index in [2.05, 4.69) is 15.9 Å². The molecule has 2 aliphatic rings. The van der Waals surface area contributed by atoms with Gasteiger partial charge in [-0.1, -0.05) is 12.2 Å². The van der Waals surface area contributed by atoms with Crippen LogP contribution in [0.2, 0.25) is 0 Å². The molecule has 0 amide bonds. The van der Waals surface area contributed by atoms with Crippen molar-refractivity contribution in [1.29, 1.82) is 0 Å². The first kappa shape index (κ1) is 17.8. The van der Waals surface area contributed by atoms with Crippen LogP contribution in [0.3, 0.4) is 0 Å². The van der Waals surface area contributed by atoms with E-state index in [-0.39, 0.29) is 27.0 Å². The van der Waals surface area contributed by atoms with E-state index in [4.69, 9.17) is 0 Å². The number of hydrogen-bond acceptors (Lipinski definition) is 2. The molecule has 1 aromatic carbocycles. The Morgan fingerprint density at radius 2 is 1.88 bits per heavy atom. The van der Waals surface area contributed by atoms with Crippen LogP contribution >= 0.6 is 15.9 Å². The zero-order valence-corrected chi connectivity index (χ0v) is 15.4. The van der Waals surface area contributed by atoms with Gasteiger partial charge in [0.25, 0.3) is 0 Å². The van der Waals surface area contributed by atoms with E-state index in [1.54, 1.807) is 6.08 Å². The highest BCUT2D eigenvalue weighted by molar-refractivity contribution is 9.10. The number of benzene rings is 1. The molecule has 1 unspecified atom stereocenters. The van der Waals surface area contributed by atoms with E-state index in [1.807, 2.05) is 12.2 Å². The van der Waals surface area contributed by atoms with Crippen LogP contribution in [0.5, 0.6) is 0 Å². The molecule has 1 aliphatic heterocycles. The topological polar surface area (TPSA) is 37.4 Å². The highest BCUT2D eigenvalue weighted by Gasteiger charge is 2.34. The normalized spacial score (nSPS) is 23.3. The molecule has 1 aromatic rings. The molecule has 0 aromatic heterocycles. The number of rotatable bonds is 3. The van der Waals surface area contributed by atoms with E-state index >= 15 is 0 Å². The smallest absolute Gasteiger partial charge is 0.212 e. The van der Waals surface area contributed by atoms with Gasteiger partial charge in [0.2, 0.25) is 10.0 Å². The van der Waals surface area contributed by atoms with Crippen LogP contribution in [0.25, 0.3) is 0 Å². The Morgan fingerprint density at radius 1 is 1.17 bits per heavy atom. The van der Waals surface area contributed by atoms with Gasteiger partial charge >= 0.3 is 0 Å². The molecule has 130 valence electrons. The number of allylic oxidation sites excluding steroid dienone is 4. The number of hydrogen-bond donors (Lipinski definition) is 0. The third-order valence-corrected chi connectivity index (χ3v) is 7.50. The van der Waals surface area contributed by atoms with Crippen molar-refractivity contribution in [3.05, 3.63) is 52.5 Å². The minimum atomic E-state index is -3.68. The molecule has 1 fully saturated rings. The van der Waals surface area contributed by atoms with Crippen molar-refractivity contribution in [2.75, 3.05) is 13.1 Å². The molecule has 0 radical (unpaired) electrons. The van der Waals surface area contributed by atoms with Crippen molar-refractivity contribution in [2.24, 2.45) is 11.8 Å².